The first-order valence-corrected chi connectivity index (χ1v) is 8.47. The van der Waals surface area contributed by atoms with Gasteiger partial charge in [-0.05, 0) is 63.2 Å². The van der Waals surface area contributed by atoms with Crippen LogP contribution in [0.25, 0.3) is 0 Å². The van der Waals surface area contributed by atoms with Crippen molar-refractivity contribution < 1.29 is 9.47 Å². The molecule has 0 amide bonds. The zero-order chi connectivity index (χ0) is 16.5. The summed E-state index contributed by atoms with van der Waals surface area (Å²) in [5.41, 5.74) is 12.7. The van der Waals surface area contributed by atoms with Gasteiger partial charge in [0.1, 0.15) is 11.5 Å². The number of nitrogens with two attached hydrogens (primary N) is 2. The Kier molecular flexibility index (Phi) is 8.61. The molecule has 0 saturated carbocycles. The van der Waals surface area contributed by atoms with Gasteiger partial charge in [0, 0.05) is 6.07 Å². The van der Waals surface area contributed by atoms with Crippen LogP contribution in [-0.2, 0) is 0 Å². The van der Waals surface area contributed by atoms with Crippen molar-refractivity contribution >= 4 is 11.6 Å². The zero-order valence-corrected chi connectivity index (χ0v) is 14.7. The maximum atomic E-state index is 6.36. The summed E-state index contributed by atoms with van der Waals surface area (Å²) in [6, 6.07) is 3.86. The molecule has 0 aliphatic rings. The zero-order valence-electron chi connectivity index (χ0n) is 13.9. The third-order valence-electron chi connectivity index (χ3n) is 3.88. The summed E-state index contributed by atoms with van der Waals surface area (Å²) in [5, 5.41) is 0.621. The molecule has 22 heavy (non-hydrogen) atoms. The fourth-order valence-electron chi connectivity index (χ4n) is 2.62. The summed E-state index contributed by atoms with van der Waals surface area (Å²) in [6.07, 6.45) is 1.93. The molecule has 0 aliphatic heterocycles. The van der Waals surface area contributed by atoms with Gasteiger partial charge in [0.25, 0.3) is 0 Å². The van der Waals surface area contributed by atoms with Crippen molar-refractivity contribution in [1.82, 2.24) is 0 Å². The van der Waals surface area contributed by atoms with Crippen LogP contribution in [-0.4, -0.2) is 26.3 Å². The minimum absolute atomic E-state index is 0.310. The lowest BCUT2D eigenvalue weighted by atomic mass is 9.86. The van der Waals surface area contributed by atoms with E-state index >= 15 is 0 Å². The number of ether oxygens (including phenoxy) is 2. The summed E-state index contributed by atoms with van der Waals surface area (Å²) >= 11 is 6.36. The van der Waals surface area contributed by atoms with Crippen LogP contribution in [0.2, 0.25) is 5.02 Å². The summed E-state index contributed by atoms with van der Waals surface area (Å²) in [4.78, 5) is 0. The molecular formula is C17H29ClN2O2. The first kappa shape index (κ1) is 19.1. The molecule has 1 rings (SSSR count). The smallest absolute Gasteiger partial charge is 0.141 e. The molecule has 0 spiro atoms. The Morgan fingerprint density at radius 1 is 1.00 bits per heavy atom. The highest BCUT2D eigenvalue weighted by molar-refractivity contribution is 6.32. The van der Waals surface area contributed by atoms with E-state index in [-0.39, 0.29) is 0 Å². The van der Waals surface area contributed by atoms with Crippen LogP contribution in [0, 0.1) is 5.92 Å². The summed E-state index contributed by atoms with van der Waals surface area (Å²) in [7, 11) is 0. The van der Waals surface area contributed by atoms with Gasteiger partial charge in [0.05, 0.1) is 18.2 Å². The van der Waals surface area contributed by atoms with E-state index in [0.717, 1.165) is 24.2 Å². The molecule has 4 N–H and O–H groups in total. The molecule has 0 aromatic heterocycles. The lowest BCUT2D eigenvalue weighted by Gasteiger charge is -2.24. The van der Waals surface area contributed by atoms with Crippen molar-refractivity contribution in [1.29, 1.82) is 0 Å². The lowest BCUT2D eigenvalue weighted by Crippen LogP contribution is -2.25. The maximum Gasteiger partial charge on any atom is 0.141 e. The summed E-state index contributed by atoms with van der Waals surface area (Å²) in [5.74, 6) is 2.15. The molecule has 1 atom stereocenters. The van der Waals surface area contributed by atoms with Crippen LogP contribution in [0.1, 0.15) is 45.1 Å². The molecule has 0 radical (unpaired) electrons. The Labute approximate surface area is 139 Å². The SMILES string of the molecule is CCOc1cc(OCC)c(C(CC)CC(CN)CN)cc1Cl. The van der Waals surface area contributed by atoms with Gasteiger partial charge >= 0.3 is 0 Å². The number of rotatable bonds is 10. The average molecular weight is 329 g/mol. The molecule has 1 unspecified atom stereocenters. The Balaban J connectivity index is 3.14. The van der Waals surface area contributed by atoms with Crippen molar-refractivity contribution in [2.24, 2.45) is 17.4 Å². The predicted molar refractivity (Wildman–Crippen MR) is 93.0 cm³/mol. The highest BCUT2D eigenvalue weighted by atomic mass is 35.5. The quantitative estimate of drug-likeness (QED) is 0.689. The molecule has 0 aliphatic carbocycles. The number of hydrogen-bond acceptors (Lipinski definition) is 4. The standard InChI is InChI=1S/C17H29ClN2O2/c1-4-13(7-12(10-19)11-20)14-8-15(18)17(22-6-3)9-16(14)21-5-2/h8-9,12-13H,4-7,10-11,19-20H2,1-3H3. The molecule has 1 aromatic rings. The van der Waals surface area contributed by atoms with E-state index in [2.05, 4.69) is 6.92 Å². The monoisotopic (exact) mass is 328 g/mol. The van der Waals surface area contributed by atoms with E-state index in [1.54, 1.807) is 0 Å². The van der Waals surface area contributed by atoms with Crippen molar-refractivity contribution in [2.45, 2.75) is 39.5 Å². The van der Waals surface area contributed by atoms with Gasteiger partial charge in [-0.3, -0.25) is 0 Å². The van der Waals surface area contributed by atoms with Crippen LogP contribution in [0.15, 0.2) is 12.1 Å². The topological polar surface area (TPSA) is 70.5 Å². The molecular weight excluding hydrogens is 300 g/mol. The predicted octanol–water partition coefficient (Wildman–Crippen LogP) is 3.55. The minimum atomic E-state index is 0.310. The van der Waals surface area contributed by atoms with Gasteiger partial charge in [-0.15, -0.1) is 0 Å². The van der Waals surface area contributed by atoms with Gasteiger partial charge in [-0.25, -0.2) is 0 Å². The summed E-state index contributed by atoms with van der Waals surface area (Å²) < 4.78 is 11.4. The fourth-order valence-corrected chi connectivity index (χ4v) is 2.85. The van der Waals surface area contributed by atoms with E-state index < -0.39 is 0 Å². The minimum Gasteiger partial charge on any atom is -0.493 e. The largest absolute Gasteiger partial charge is 0.493 e. The molecule has 4 nitrogen and oxygen atoms in total. The van der Waals surface area contributed by atoms with Crippen LogP contribution < -0.4 is 20.9 Å². The van der Waals surface area contributed by atoms with Crippen molar-refractivity contribution in [2.75, 3.05) is 26.3 Å². The number of benzene rings is 1. The Hall–Kier alpha value is -0.970. The second-order valence-electron chi connectivity index (χ2n) is 5.36. The Morgan fingerprint density at radius 3 is 2.09 bits per heavy atom. The molecule has 0 fully saturated rings. The molecule has 5 heteroatoms. The normalized spacial score (nSPS) is 12.5. The third kappa shape index (κ3) is 5.04. The highest BCUT2D eigenvalue weighted by Gasteiger charge is 2.21. The van der Waals surface area contributed by atoms with Crippen LogP contribution in [0.3, 0.4) is 0 Å². The number of hydrogen-bond donors (Lipinski definition) is 2. The summed E-state index contributed by atoms with van der Waals surface area (Å²) in [6.45, 7) is 8.45. The third-order valence-corrected chi connectivity index (χ3v) is 4.18. The van der Waals surface area contributed by atoms with E-state index in [1.165, 1.54) is 0 Å². The van der Waals surface area contributed by atoms with Crippen molar-refractivity contribution in [3.8, 4) is 11.5 Å². The molecule has 0 heterocycles. The van der Waals surface area contributed by atoms with Gasteiger partial charge in [-0.2, -0.15) is 0 Å². The van der Waals surface area contributed by atoms with E-state index in [4.69, 9.17) is 32.5 Å². The highest BCUT2D eigenvalue weighted by Crippen LogP contribution is 2.40. The van der Waals surface area contributed by atoms with Gasteiger partial charge in [-0.1, -0.05) is 18.5 Å². The van der Waals surface area contributed by atoms with Crippen molar-refractivity contribution in [3.05, 3.63) is 22.7 Å². The molecule has 126 valence electrons. The van der Waals surface area contributed by atoms with Gasteiger partial charge in [0.15, 0.2) is 0 Å². The van der Waals surface area contributed by atoms with Gasteiger partial charge < -0.3 is 20.9 Å². The number of halogens is 1. The second kappa shape index (κ2) is 9.93. The van der Waals surface area contributed by atoms with Crippen LogP contribution >= 0.6 is 11.6 Å². The van der Waals surface area contributed by atoms with E-state index in [9.17, 15) is 0 Å². The fraction of sp³-hybridized carbons (Fsp3) is 0.647. The second-order valence-corrected chi connectivity index (χ2v) is 5.77. The van der Waals surface area contributed by atoms with Crippen molar-refractivity contribution in [3.63, 3.8) is 0 Å². The first-order valence-electron chi connectivity index (χ1n) is 8.10. The molecule has 0 bridgehead atoms. The molecule has 1 aromatic carbocycles. The van der Waals surface area contributed by atoms with Crippen LogP contribution in [0.5, 0.6) is 11.5 Å². The van der Waals surface area contributed by atoms with E-state index in [1.807, 2.05) is 26.0 Å². The average Bonchev–Trinajstić information content (AvgIpc) is 2.52. The first-order chi connectivity index (χ1) is 10.6. The molecule has 0 saturated heterocycles. The van der Waals surface area contributed by atoms with Crippen LogP contribution in [0.4, 0.5) is 0 Å². The van der Waals surface area contributed by atoms with Gasteiger partial charge in [0.2, 0.25) is 0 Å². The lowest BCUT2D eigenvalue weighted by molar-refractivity contribution is 0.316. The Bertz CT molecular complexity index is 451. The Morgan fingerprint density at radius 2 is 1.59 bits per heavy atom. The maximum absolute atomic E-state index is 6.36. The van der Waals surface area contributed by atoms with E-state index in [0.29, 0.717) is 48.9 Å².